The second-order valence-corrected chi connectivity index (χ2v) is 6.58. The Balaban J connectivity index is 1.63. The molecule has 3 rings (SSSR count). The van der Waals surface area contributed by atoms with Gasteiger partial charge in [-0.05, 0) is 62.2 Å². The maximum Gasteiger partial charge on any atom is 0.284 e. The second kappa shape index (κ2) is 8.40. The normalized spacial score (nSPS) is 18.1. The van der Waals surface area contributed by atoms with Crippen LogP contribution in [0.5, 0.6) is 0 Å². The molecule has 1 aromatic heterocycles. The summed E-state index contributed by atoms with van der Waals surface area (Å²) in [7, 11) is 0. The van der Waals surface area contributed by atoms with Gasteiger partial charge >= 0.3 is 0 Å². The van der Waals surface area contributed by atoms with Gasteiger partial charge in [0.05, 0.1) is 6.10 Å². The number of hydrogen-bond acceptors (Lipinski definition) is 5. The molecule has 1 saturated heterocycles. The Morgan fingerprint density at radius 1 is 1.36 bits per heavy atom. The number of likely N-dealkylation sites (tertiary alicyclic amines) is 1. The maximum absolute atomic E-state index is 12.7. The highest BCUT2D eigenvalue weighted by Crippen LogP contribution is 2.20. The van der Waals surface area contributed by atoms with Crippen molar-refractivity contribution in [1.82, 2.24) is 15.1 Å². The Morgan fingerprint density at radius 3 is 2.84 bits per heavy atom. The van der Waals surface area contributed by atoms with Gasteiger partial charge in [-0.25, -0.2) is 5.10 Å². The minimum atomic E-state index is 0.0608. The lowest BCUT2D eigenvalue weighted by Gasteiger charge is -2.21. The highest BCUT2D eigenvalue weighted by Gasteiger charge is 2.22. The van der Waals surface area contributed by atoms with Gasteiger partial charge in [0.2, 0.25) is 5.89 Å². The van der Waals surface area contributed by atoms with Crippen LogP contribution in [0.4, 0.5) is 0 Å². The molecule has 2 heterocycles. The molecule has 1 atom stereocenters. The van der Waals surface area contributed by atoms with Crippen molar-refractivity contribution in [3.63, 3.8) is 0 Å². The van der Waals surface area contributed by atoms with Crippen LogP contribution in [0.3, 0.4) is 0 Å². The van der Waals surface area contributed by atoms with Crippen LogP contribution in [0.15, 0.2) is 28.7 Å². The summed E-state index contributed by atoms with van der Waals surface area (Å²) in [5, 5.41) is 6.58. The van der Waals surface area contributed by atoms with Gasteiger partial charge in [0.15, 0.2) is 0 Å². The van der Waals surface area contributed by atoms with Crippen LogP contribution in [0.25, 0.3) is 11.5 Å². The number of nitrogens with one attached hydrogen (secondary N) is 1. The SMILES string of the molecule is CCCOC1CCCN(C(=O)c2ccc(-c3n[nH]c(=S)o3)cc2)CC1. The van der Waals surface area contributed by atoms with Crippen molar-refractivity contribution in [2.24, 2.45) is 0 Å². The Kier molecular flexibility index (Phi) is 5.99. The third-order valence-electron chi connectivity index (χ3n) is 4.34. The van der Waals surface area contributed by atoms with Crippen LogP contribution >= 0.6 is 12.2 Å². The standard InChI is InChI=1S/C18H23N3O3S/c1-2-12-23-15-4-3-10-21(11-9-15)17(22)14-7-5-13(6-8-14)16-19-20-18(25)24-16/h5-8,15H,2-4,9-12H2,1H3,(H,20,25). The van der Waals surface area contributed by atoms with Crippen molar-refractivity contribution in [3.05, 3.63) is 34.7 Å². The van der Waals surface area contributed by atoms with Crippen molar-refractivity contribution < 1.29 is 13.9 Å². The van der Waals surface area contributed by atoms with Gasteiger partial charge in [-0.1, -0.05) is 6.92 Å². The minimum absolute atomic E-state index is 0.0608. The molecule has 1 N–H and O–H groups in total. The molecular formula is C18H23N3O3S. The Labute approximate surface area is 152 Å². The second-order valence-electron chi connectivity index (χ2n) is 6.21. The summed E-state index contributed by atoms with van der Waals surface area (Å²) in [5.74, 6) is 0.486. The topological polar surface area (TPSA) is 71.4 Å². The first-order valence-corrected chi connectivity index (χ1v) is 9.15. The molecule has 1 amide bonds. The molecule has 25 heavy (non-hydrogen) atoms. The van der Waals surface area contributed by atoms with E-state index < -0.39 is 0 Å². The van der Waals surface area contributed by atoms with E-state index in [1.807, 2.05) is 17.0 Å². The van der Waals surface area contributed by atoms with Crippen LogP contribution in [0, 0.1) is 4.84 Å². The number of nitrogens with zero attached hydrogens (tertiary/aromatic N) is 2. The summed E-state index contributed by atoms with van der Waals surface area (Å²) < 4.78 is 11.1. The number of rotatable bonds is 5. The van der Waals surface area contributed by atoms with Gasteiger partial charge in [-0.3, -0.25) is 4.79 Å². The molecule has 0 bridgehead atoms. The molecule has 2 aromatic rings. The predicted octanol–water partition coefficient (Wildman–Crippen LogP) is 3.82. The van der Waals surface area contributed by atoms with Crippen LogP contribution in [0.1, 0.15) is 43.0 Å². The number of benzene rings is 1. The van der Waals surface area contributed by atoms with E-state index in [1.54, 1.807) is 12.1 Å². The summed E-state index contributed by atoms with van der Waals surface area (Å²) in [4.78, 5) is 14.9. The summed E-state index contributed by atoms with van der Waals surface area (Å²) in [5.41, 5.74) is 1.46. The van der Waals surface area contributed by atoms with E-state index >= 15 is 0 Å². The Bertz CT molecular complexity index is 753. The van der Waals surface area contributed by atoms with Crippen LogP contribution < -0.4 is 0 Å². The first kappa shape index (κ1) is 17.8. The summed E-state index contributed by atoms with van der Waals surface area (Å²) in [6, 6.07) is 7.26. The zero-order valence-electron chi connectivity index (χ0n) is 14.4. The third kappa shape index (κ3) is 4.55. The van der Waals surface area contributed by atoms with Crippen LogP contribution in [0.2, 0.25) is 0 Å². The van der Waals surface area contributed by atoms with Crippen LogP contribution in [-0.4, -0.2) is 46.8 Å². The van der Waals surface area contributed by atoms with Crippen molar-refractivity contribution in [1.29, 1.82) is 0 Å². The van der Waals surface area contributed by atoms with Gasteiger partial charge in [-0.2, -0.15) is 0 Å². The number of ether oxygens (including phenoxy) is 1. The third-order valence-corrected chi connectivity index (χ3v) is 4.51. The highest BCUT2D eigenvalue weighted by molar-refractivity contribution is 7.71. The molecule has 7 heteroatoms. The molecular weight excluding hydrogens is 338 g/mol. The quantitative estimate of drug-likeness (QED) is 0.820. The predicted molar refractivity (Wildman–Crippen MR) is 96.9 cm³/mol. The number of aromatic nitrogens is 2. The zero-order chi connectivity index (χ0) is 17.6. The number of amides is 1. The van der Waals surface area contributed by atoms with Crippen molar-refractivity contribution in [2.45, 2.75) is 38.7 Å². The summed E-state index contributed by atoms with van der Waals surface area (Å²) >= 11 is 4.88. The minimum Gasteiger partial charge on any atom is -0.409 e. The van der Waals surface area contributed by atoms with E-state index in [-0.39, 0.29) is 16.8 Å². The zero-order valence-corrected chi connectivity index (χ0v) is 15.2. The van der Waals surface area contributed by atoms with Gasteiger partial charge in [0, 0.05) is 30.8 Å². The smallest absolute Gasteiger partial charge is 0.284 e. The van der Waals surface area contributed by atoms with Gasteiger partial charge in [0.1, 0.15) is 0 Å². The Hall–Kier alpha value is -1.99. The molecule has 1 aliphatic rings. The summed E-state index contributed by atoms with van der Waals surface area (Å²) in [6.45, 7) is 4.43. The fourth-order valence-corrected chi connectivity index (χ4v) is 3.14. The largest absolute Gasteiger partial charge is 0.409 e. The fourth-order valence-electron chi connectivity index (χ4n) is 3.01. The van der Waals surface area contributed by atoms with Gasteiger partial charge in [0.25, 0.3) is 10.7 Å². The number of carbonyl (C=O) groups is 1. The first-order chi connectivity index (χ1) is 12.2. The van der Waals surface area contributed by atoms with Crippen molar-refractivity contribution >= 4 is 18.1 Å². The van der Waals surface area contributed by atoms with Crippen molar-refractivity contribution in [3.8, 4) is 11.5 Å². The number of H-pyrrole nitrogens is 1. The summed E-state index contributed by atoms with van der Waals surface area (Å²) in [6.07, 6.45) is 4.20. The Morgan fingerprint density at radius 2 is 2.16 bits per heavy atom. The number of hydrogen-bond donors (Lipinski definition) is 1. The fraction of sp³-hybridized carbons (Fsp3) is 0.500. The van der Waals surface area contributed by atoms with E-state index in [9.17, 15) is 4.79 Å². The van der Waals surface area contributed by atoms with E-state index in [4.69, 9.17) is 21.4 Å². The van der Waals surface area contributed by atoms with Crippen LogP contribution in [-0.2, 0) is 4.74 Å². The molecule has 1 aliphatic heterocycles. The lowest BCUT2D eigenvalue weighted by atomic mass is 10.1. The highest BCUT2D eigenvalue weighted by atomic mass is 32.1. The molecule has 0 radical (unpaired) electrons. The lowest BCUT2D eigenvalue weighted by Crippen LogP contribution is -2.32. The lowest BCUT2D eigenvalue weighted by molar-refractivity contribution is 0.0432. The molecule has 1 fully saturated rings. The van der Waals surface area contributed by atoms with E-state index in [0.717, 1.165) is 50.9 Å². The van der Waals surface area contributed by atoms with Gasteiger partial charge in [-0.15, -0.1) is 5.10 Å². The molecule has 134 valence electrons. The molecule has 0 aliphatic carbocycles. The number of aromatic amines is 1. The first-order valence-electron chi connectivity index (χ1n) is 8.74. The average Bonchev–Trinajstić information content (AvgIpc) is 2.93. The molecule has 0 saturated carbocycles. The average molecular weight is 361 g/mol. The van der Waals surface area contributed by atoms with Crippen molar-refractivity contribution in [2.75, 3.05) is 19.7 Å². The maximum atomic E-state index is 12.7. The van der Waals surface area contributed by atoms with Gasteiger partial charge < -0.3 is 14.1 Å². The van der Waals surface area contributed by atoms with E-state index in [2.05, 4.69) is 17.1 Å². The monoisotopic (exact) mass is 361 g/mol. The molecule has 0 spiro atoms. The van der Waals surface area contributed by atoms with E-state index in [1.165, 1.54) is 0 Å². The molecule has 6 nitrogen and oxygen atoms in total. The van der Waals surface area contributed by atoms with E-state index in [0.29, 0.717) is 11.5 Å². The number of carbonyl (C=O) groups excluding carboxylic acids is 1. The molecule has 1 unspecified atom stereocenters. The molecule has 1 aromatic carbocycles.